The molecular weight excluding hydrogens is 288 g/mol. The van der Waals surface area contributed by atoms with E-state index in [-0.39, 0.29) is 11.9 Å². The minimum absolute atomic E-state index is 0.0317. The molecule has 0 fully saturated rings. The van der Waals surface area contributed by atoms with E-state index in [2.05, 4.69) is 16.5 Å². The first-order valence-electron chi connectivity index (χ1n) is 8.33. The zero-order chi connectivity index (χ0) is 16.4. The quantitative estimate of drug-likeness (QED) is 0.944. The van der Waals surface area contributed by atoms with Gasteiger partial charge in [-0.05, 0) is 64.2 Å². The van der Waals surface area contributed by atoms with Crippen molar-refractivity contribution in [1.29, 1.82) is 0 Å². The molecule has 23 heavy (non-hydrogen) atoms. The first kappa shape index (κ1) is 15.7. The van der Waals surface area contributed by atoms with Gasteiger partial charge in [-0.1, -0.05) is 6.07 Å². The van der Waals surface area contributed by atoms with Crippen LogP contribution in [0.4, 0.5) is 0 Å². The van der Waals surface area contributed by atoms with Crippen LogP contribution in [-0.2, 0) is 24.2 Å². The van der Waals surface area contributed by atoms with Gasteiger partial charge in [0, 0.05) is 11.4 Å². The number of hydrogen-bond donors (Lipinski definition) is 1. The average Bonchev–Trinajstić information content (AvgIpc) is 2.90. The Bertz CT molecular complexity index is 720. The predicted octanol–water partition coefficient (Wildman–Crippen LogP) is 2.65. The van der Waals surface area contributed by atoms with Gasteiger partial charge in [-0.15, -0.1) is 0 Å². The third-order valence-corrected chi connectivity index (χ3v) is 4.47. The third-order valence-electron chi connectivity index (χ3n) is 4.47. The van der Waals surface area contributed by atoms with Crippen molar-refractivity contribution < 1.29 is 4.79 Å². The maximum atomic E-state index is 12.4. The summed E-state index contributed by atoms with van der Waals surface area (Å²) in [5.41, 5.74) is 5.42. The molecule has 1 aliphatic carbocycles. The summed E-state index contributed by atoms with van der Waals surface area (Å²) in [6.45, 7) is 6.24. The van der Waals surface area contributed by atoms with Gasteiger partial charge in [0.2, 0.25) is 5.91 Å². The molecule has 5 nitrogen and oxygen atoms in total. The molecular formula is C18H24N4O. The van der Waals surface area contributed by atoms with E-state index >= 15 is 0 Å². The van der Waals surface area contributed by atoms with Crippen molar-refractivity contribution in [1.82, 2.24) is 20.1 Å². The molecule has 3 rings (SSSR count). The number of pyridine rings is 1. The normalized spacial score (nSPS) is 15.1. The lowest BCUT2D eigenvalue weighted by Gasteiger charge is -2.17. The second-order valence-electron chi connectivity index (χ2n) is 6.38. The summed E-state index contributed by atoms with van der Waals surface area (Å²) in [6, 6.07) is 5.85. The summed E-state index contributed by atoms with van der Waals surface area (Å²) in [5, 5.41) is 7.36. The molecule has 1 aliphatic rings. The van der Waals surface area contributed by atoms with Crippen molar-refractivity contribution >= 4 is 5.91 Å². The van der Waals surface area contributed by atoms with E-state index in [9.17, 15) is 4.79 Å². The van der Waals surface area contributed by atoms with Crippen molar-refractivity contribution in [2.75, 3.05) is 0 Å². The Morgan fingerprint density at radius 2 is 2.09 bits per heavy atom. The summed E-state index contributed by atoms with van der Waals surface area (Å²) in [6.07, 6.45) is 4.65. The second kappa shape index (κ2) is 6.52. The van der Waals surface area contributed by atoms with Crippen molar-refractivity contribution in [2.24, 2.45) is 0 Å². The molecule has 0 saturated heterocycles. The Morgan fingerprint density at radius 1 is 1.30 bits per heavy atom. The lowest BCUT2D eigenvalue weighted by atomic mass is 9.96. The zero-order valence-electron chi connectivity index (χ0n) is 14.1. The van der Waals surface area contributed by atoms with Gasteiger partial charge >= 0.3 is 0 Å². The van der Waals surface area contributed by atoms with Crippen LogP contribution in [-0.4, -0.2) is 20.7 Å². The molecule has 1 atom stereocenters. The number of amides is 1. The van der Waals surface area contributed by atoms with Crippen molar-refractivity contribution in [3.8, 4) is 0 Å². The fourth-order valence-corrected chi connectivity index (χ4v) is 3.20. The van der Waals surface area contributed by atoms with Crippen LogP contribution in [0.15, 0.2) is 18.2 Å². The highest BCUT2D eigenvalue weighted by molar-refractivity contribution is 5.79. The minimum Gasteiger partial charge on any atom is -0.349 e. The monoisotopic (exact) mass is 312 g/mol. The number of nitrogens with one attached hydrogen (secondary N) is 1. The van der Waals surface area contributed by atoms with Crippen LogP contribution in [0.5, 0.6) is 0 Å². The number of carbonyl (C=O) groups is 1. The second-order valence-corrected chi connectivity index (χ2v) is 6.38. The first-order chi connectivity index (χ1) is 11.0. The number of aromatic nitrogens is 3. The summed E-state index contributed by atoms with van der Waals surface area (Å²) in [7, 11) is 0. The lowest BCUT2D eigenvalue weighted by molar-refractivity contribution is -0.124. The van der Waals surface area contributed by atoms with Gasteiger partial charge in [-0.2, -0.15) is 5.10 Å². The van der Waals surface area contributed by atoms with E-state index in [1.165, 1.54) is 24.1 Å². The van der Waals surface area contributed by atoms with E-state index in [4.69, 9.17) is 4.98 Å². The van der Waals surface area contributed by atoms with Gasteiger partial charge in [0.25, 0.3) is 0 Å². The SMILES string of the molecule is Cc1cc(C)n(C(C)C(=O)NCc2ccc3c(n2)CCCC3)n1. The Balaban J connectivity index is 1.63. The van der Waals surface area contributed by atoms with Crippen molar-refractivity contribution in [3.05, 3.63) is 46.5 Å². The van der Waals surface area contributed by atoms with Gasteiger partial charge in [-0.25, -0.2) is 0 Å². The van der Waals surface area contributed by atoms with Crippen molar-refractivity contribution in [2.45, 2.75) is 59.0 Å². The first-order valence-corrected chi connectivity index (χ1v) is 8.33. The predicted molar refractivity (Wildman–Crippen MR) is 89.1 cm³/mol. The number of nitrogens with zero attached hydrogens (tertiary/aromatic N) is 3. The molecule has 0 spiro atoms. The van der Waals surface area contributed by atoms with Gasteiger partial charge in [-0.3, -0.25) is 14.5 Å². The van der Waals surface area contributed by atoms with E-state index in [0.29, 0.717) is 6.54 Å². The standard InChI is InChI=1S/C18H24N4O/c1-12-10-13(2)22(21-12)14(3)18(23)19-11-16-9-8-15-6-4-5-7-17(15)20-16/h8-10,14H,4-7,11H2,1-3H3,(H,19,23). The molecule has 1 N–H and O–H groups in total. The third kappa shape index (κ3) is 3.44. The highest BCUT2D eigenvalue weighted by Gasteiger charge is 2.18. The van der Waals surface area contributed by atoms with Gasteiger partial charge in [0.1, 0.15) is 6.04 Å². The Hall–Kier alpha value is -2.17. The van der Waals surface area contributed by atoms with Crippen LogP contribution in [0.1, 0.15) is 54.1 Å². The van der Waals surface area contributed by atoms with Crippen LogP contribution in [0.2, 0.25) is 0 Å². The van der Waals surface area contributed by atoms with Crippen LogP contribution < -0.4 is 5.32 Å². The maximum Gasteiger partial charge on any atom is 0.244 e. The van der Waals surface area contributed by atoms with Gasteiger partial charge in [0.05, 0.1) is 17.9 Å². The number of rotatable bonds is 4. The maximum absolute atomic E-state index is 12.4. The average molecular weight is 312 g/mol. The fraction of sp³-hybridized carbons (Fsp3) is 0.500. The summed E-state index contributed by atoms with van der Waals surface area (Å²) < 4.78 is 1.77. The van der Waals surface area contributed by atoms with Crippen LogP contribution in [0.25, 0.3) is 0 Å². The van der Waals surface area contributed by atoms with Crippen molar-refractivity contribution in [3.63, 3.8) is 0 Å². The number of aryl methyl sites for hydroxylation is 4. The molecule has 122 valence electrons. The highest BCUT2D eigenvalue weighted by atomic mass is 16.2. The molecule has 0 aromatic carbocycles. The summed E-state index contributed by atoms with van der Waals surface area (Å²) in [5.74, 6) is -0.0317. The molecule has 2 aromatic rings. The summed E-state index contributed by atoms with van der Waals surface area (Å²) in [4.78, 5) is 17.1. The largest absolute Gasteiger partial charge is 0.349 e. The van der Waals surface area contributed by atoms with E-state index in [1.807, 2.05) is 32.9 Å². The Kier molecular flexibility index (Phi) is 4.46. The topological polar surface area (TPSA) is 59.8 Å². The molecule has 0 bridgehead atoms. The zero-order valence-corrected chi connectivity index (χ0v) is 14.1. The van der Waals surface area contributed by atoms with Crippen LogP contribution in [0.3, 0.4) is 0 Å². The number of hydrogen-bond acceptors (Lipinski definition) is 3. The molecule has 2 heterocycles. The molecule has 0 saturated carbocycles. The minimum atomic E-state index is -0.318. The van der Waals surface area contributed by atoms with E-state index in [0.717, 1.165) is 29.9 Å². The Morgan fingerprint density at radius 3 is 2.83 bits per heavy atom. The van der Waals surface area contributed by atoms with E-state index < -0.39 is 0 Å². The lowest BCUT2D eigenvalue weighted by Crippen LogP contribution is -2.32. The molecule has 2 aromatic heterocycles. The van der Waals surface area contributed by atoms with Gasteiger partial charge < -0.3 is 5.32 Å². The fourth-order valence-electron chi connectivity index (χ4n) is 3.20. The Labute approximate surface area is 137 Å². The summed E-state index contributed by atoms with van der Waals surface area (Å²) >= 11 is 0. The molecule has 0 aliphatic heterocycles. The number of fused-ring (bicyclic) bond motifs is 1. The van der Waals surface area contributed by atoms with Crippen LogP contribution >= 0.6 is 0 Å². The van der Waals surface area contributed by atoms with Crippen LogP contribution in [0, 0.1) is 13.8 Å². The molecule has 5 heteroatoms. The molecule has 1 amide bonds. The van der Waals surface area contributed by atoms with Gasteiger partial charge in [0.15, 0.2) is 0 Å². The van der Waals surface area contributed by atoms with E-state index in [1.54, 1.807) is 4.68 Å². The smallest absolute Gasteiger partial charge is 0.244 e. The molecule has 1 unspecified atom stereocenters. The number of carbonyl (C=O) groups excluding carboxylic acids is 1. The molecule has 0 radical (unpaired) electrons. The highest BCUT2D eigenvalue weighted by Crippen LogP contribution is 2.19.